The Kier molecular flexibility index (Phi) is 6.88. The van der Waals surface area contributed by atoms with Crippen LogP contribution in [0.5, 0.6) is 11.5 Å². The van der Waals surface area contributed by atoms with Crippen LogP contribution in [0, 0.1) is 0 Å². The Hall–Kier alpha value is -3.07. The van der Waals surface area contributed by atoms with Crippen LogP contribution >= 0.6 is 23.7 Å². The Bertz CT molecular complexity index is 1180. The maximum atomic E-state index is 12.9. The summed E-state index contributed by atoms with van der Waals surface area (Å²) in [6.45, 7) is 2.53. The minimum atomic E-state index is -0.431. The second-order valence-corrected chi connectivity index (χ2v) is 8.77. The molecule has 0 aliphatic carbocycles. The Morgan fingerprint density at radius 2 is 1.91 bits per heavy atom. The largest absolute Gasteiger partial charge is 0.465 e. The lowest BCUT2D eigenvalue weighted by Gasteiger charge is -2.27. The number of methoxy groups -OCH3 is 1. The van der Waals surface area contributed by atoms with E-state index in [0.29, 0.717) is 27.6 Å². The Balaban J connectivity index is 0.00000259. The summed E-state index contributed by atoms with van der Waals surface area (Å²) in [4.78, 5) is 28.9. The molecule has 9 heteroatoms. The molecule has 33 heavy (non-hydrogen) atoms. The Labute approximate surface area is 201 Å². The smallest absolute Gasteiger partial charge is 0.341 e. The average Bonchev–Trinajstić information content (AvgIpc) is 3.42. The number of hydrogen-bond donors (Lipinski definition) is 1. The summed E-state index contributed by atoms with van der Waals surface area (Å²) in [5.74, 6) is 0.406. The minimum Gasteiger partial charge on any atom is -0.465 e. The molecule has 172 valence electrons. The lowest BCUT2D eigenvalue weighted by atomic mass is 10.0. The number of esters is 1. The number of thiophene rings is 1. The highest BCUT2D eigenvalue weighted by Crippen LogP contribution is 2.39. The third-order valence-electron chi connectivity index (χ3n) is 5.64. The zero-order chi connectivity index (χ0) is 22.1. The highest BCUT2D eigenvalue weighted by atomic mass is 35.5. The number of hydrogen-bond acceptors (Lipinski definition) is 7. The van der Waals surface area contributed by atoms with Crippen molar-refractivity contribution in [2.75, 3.05) is 25.8 Å². The van der Waals surface area contributed by atoms with Crippen molar-refractivity contribution in [3.8, 4) is 11.5 Å². The molecule has 5 rings (SSSR count). The number of amides is 1. The van der Waals surface area contributed by atoms with Gasteiger partial charge in [-0.3, -0.25) is 9.69 Å². The summed E-state index contributed by atoms with van der Waals surface area (Å²) in [6.07, 6.45) is 0.725. The minimum absolute atomic E-state index is 0. The fourth-order valence-corrected chi connectivity index (χ4v) is 5.33. The molecule has 0 fully saturated rings. The van der Waals surface area contributed by atoms with Crippen LogP contribution in [-0.2, 0) is 24.2 Å². The van der Waals surface area contributed by atoms with Crippen LogP contribution in [0.3, 0.4) is 0 Å². The van der Waals surface area contributed by atoms with Gasteiger partial charge in [-0.25, -0.2) is 4.79 Å². The number of halogens is 1. The van der Waals surface area contributed by atoms with Crippen LogP contribution in [0.1, 0.15) is 36.7 Å². The van der Waals surface area contributed by atoms with Gasteiger partial charge in [-0.15, -0.1) is 23.7 Å². The number of carbonyl (C=O) groups excluding carboxylic acids is 2. The van der Waals surface area contributed by atoms with Gasteiger partial charge in [0.1, 0.15) is 5.00 Å². The van der Waals surface area contributed by atoms with Gasteiger partial charge in [-0.2, -0.15) is 0 Å². The van der Waals surface area contributed by atoms with Crippen molar-refractivity contribution in [3.05, 3.63) is 75.7 Å². The van der Waals surface area contributed by atoms with Gasteiger partial charge in [0.2, 0.25) is 6.79 Å². The standard InChI is InChI=1S/C24H22N2O5S.ClH/c1-29-24(28)21-17-9-10-26(12-15-5-3-2-4-6-15)13-20(17)32-23(21)25-22(27)16-7-8-18-19(11-16)31-14-30-18;/h2-8,11H,9-10,12-14H2,1H3,(H,25,27);1H. The first-order valence-corrected chi connectivity index (χ1v) is 11.1. The van der Waals surface area contributed by atoms with Crippen LogP contribution in [-0.4, -0.2) is 37.2 Å². The predicted octanol–water partition coefficient (Wildman–Crippen LogP) is 4.50. The van der Waals surface area contributed by atoms with Crippen LogP contribution in [0.25, 0.3) is 0 Å². The molecule has 1 amide bonds. The number of carbonyl (C=O) groups is 2. The summed E-state index contributed by atoms with van der Waals surface area (Å²) >= 11 is 1.44. The molecule has 0 saturated carbocycles. The number of nitrogens with one attached hydrogen (secondary N) is 1. The molecule has 1 N–H and O–H groups in total. The molecule has 0 radical (unpaired) electrons. The molecule has 2 aliphatic heterocycles. The Morgan fingerprint density at radius 3 is 2.70 bits per heavy atom. The highest BCUT2D eigenvalue weighted by Gasteiger charge is 2.29. The van der Waals surface area contributed by atoms with Crippen molar-refractivity contribution in [1.82, 2.24) is 4.90 Å². The van der Waals surface area contributed by atoms with E-state index in [1.165, 1.54) is 24.0 Å². The fraction of sp³-hybridized carbons (Fsp3) is 0.250. The van der Waals surface area contributed by atoms with Gasteiger partial charge in [0.05, 0.1) is 12.7 Å². The summed E-state index contributed by atoms with van der Waals surface area (Å²) < 4.78 is 15.7. The van der Waals surface area contributed by atoms with Gasteiger partial charge in [-0.1, -0.05) is 30.3 Å². The van der Waals surface area contributed by atoms with E-state index in [1.807, 2.05) is 18.2 Å². The van der Waals surface area contributed by atoms with Crippen molar-refractivity contribution in [3.63, 3.8) is 0 Å². The molecule has 3 aromatic rings. The van der Waals surface area contributed by atoms with E-state index in [9.17, 15) is 9.59 Å². The number of fused-ring (bicyclic) bond motifs is 2. The highest BCUT2D eigenvalue weighted by molar-refractivity contribution is 7.17. The van der Waals surface area contributed by atoms with Crippen LogP contribution in [0.2, 0.25) is 0 Å². The second-order valence-electron chi connectivity index (χ2n) is 7.67. The molecule has 0 saturated heterocycles. The van der Waals surface area contributed by atoms with Crippen molar-refractivity contribution in [1.29, 1.82) is 0 Å². The maximum Gasteiger partial charge on any atom is 0.341 e. The van der Waals surface area contributed by atoms with Crippen LogP contribution < -0.4 is 14.8 Å². The van der Waals surface area contributed by atoms with Gasteiger partial charge >= 0.3 is 5.97 Å². The van der Waals surface area contributed by atoms with Crippen LogP contribution in [0.4, 0.5) is 5.00 Å². The molecular weight excluding hydrogens is 464 g/mol. The van der Waals surface area contributed by atoms with Gasteiger partial charge in [0.15, 0.2) is 11.5 Å². The third-order valence-corrected chi connectivity index (χ3v) is 6.77. The lowest BCUT2D eigenvalue weighted by Crippen LogP contribution is -2.29. The number of rotatable bonds is 5. The fourth-order valence-electron chi connectivity index (χ4n) is 4.05. The number of nitrogens with zero attached hydrogens (tertiary/aromatic N) is 1. The summed E-state index contributed by atoms with van der Waals surface area (Å²) in [7, 11) is 1.36. The molecule has 0 unspecified atom stereocenters. The number of benzene rings is 2. The van der Waals surface area contributed by atoms with Gasteiger partial charge < -0.3 is 19.5 Å². The van der Waals surface area contributed by atoms with E-state index >= 15 is 0 Å². The normalized spacial score (nSPS) is 14.2. The van der Waals surface area contributed by atoms with Crippen molar-refractivity contribution in [2.45, 2.75) is 19.5 Å². The maximum absolute atomic E-state index is 12.9. The first-order valence-electron chi connectivity index (χ1n) is 10.3. The molecule has 0 spiro atoms. The lowest BCUT2D eigenvalue weighted by molar-refractivity contribution is 0.0600. The van der Waals surface area contributed by atoms with Gasteiger partial charge in [-0.05, 0) is 35.7 Å². The van der Waals surface area contributed by atoms with E-state index < -0.39 is 5.97 Å². The quantitative estimate of drug-likeness (QED) is 0.535. The number of anilines is 1. The summed E-state index contributed by atoms with van der Waals surface area (Å²) in [6, 6.07) is 15.3. The summed E-state index contributed by atoms with van der Waals surface area (Å²) in [5, 5.41) is 3.44. The average molecular weight is 487 g/mol. The van der Waals surface area contributed by atoms with E-state index in [1.54, 1.807) is 18.2 Å². The number of ether oxygens (including phenoxy) is 3. The van der Waals surface area contributed by atoms with E-state index in [-0.39, 0.29) is 25.1 Å². The molecule has 3 heterocycles. The molecule has 2 aromatic carbocycles. The molecule has 2 aliphatic rings. The van der Waals surface area contributed by atoms with E-state index in [4.69, 9.17) is 14.2 Å². The SMILES string of the molecule is COC(=O)c1c(NC(=O)c2ccc3c(c2)OCO3)sc2c1CCN(Cc1ccccc1)C2.Cl. The monoisotopic (exact) mass is 486 g/mol. The molecule has 1 aromatic heterocycles. The third kappa shape index (κ3) is 4.68. The van der Waals surface area contributed by atoms with Crippen molar-refractivity contribution >= 4 is 40.6 Å². The first kappa shape index (κ1) is 23.1. The predicted molar refractivity (Wildman–Crippen MR) is 128 cm³/mol. The van der Waals surface area contributed by atoms with Gasteiger partial charge in [0, 0.05) is 30.1 Å². The molecule has 0 bridgehead atoms. The molecule has 0 atom stereocenters. The van der Waals surface area contributed by atoms with E-state index in [2.05, 4.69) is 22.3 Å². The second kappa shape index (κ2) is 9.82. The molecule has 7 nitrogen and oxygen atoms in total. The van der Waals surface area contributed by atoms with Crippen molar-refractivity contribution in [2.24, 2.45) is 0 Å². The summed E-state index contributed by atoms with van der Waals surface area (Å²) in [5.41, 5.74) is 3.10. The molecular formula is C24H23ClN2O5S. The van der Waals surface area contributed by atoms with Crippen molar-refractivity contribution < 1.29 is 23.8 Å². The Morgan fingerprint density at radius 1 is 1.12 bits per heavy atom. The first-order chi connectivity index (χ1) is 15.6. The van der Waals surface area contributed by atoms with Gasteiger partial charge in [0.25, 0.3) is 5.91 Å². The van der Waals surface area contributed by atoms with E-state index in [0.717, 1.165) is 36.5 Å². The zero-order valence-corrected chi connectivity index (χ0v) is 19.6. The van der Waals surface area contributed by atoms with Crippen LogP contribution in [0.15, 0.2) is 48.5 Å². The topological polar surface area (TPSA) is 77.1 Å². The zero-order valence-electron chi connectivity index (χ0n) is 18.0.